The summed E-state index contributed by atoms with van der Waals surface area (Å²) < 4.78 is 10.9. The van der Waals surface area contributed by atoms with Gasteiger partial charge in [0.2, 0.25) is 11.8 Å². The Morgan fingerprint density at radius 3 is 2.21 bits per heavy atom. The Labute approximate surface area is 256 Å². The van der Waals surface area contributed by atoms with Crippen LogP contribution in [0.3, 0.4) is 0 Å². The van der Waals surface area contributed by atoms with Crippen molar-refractivity contribution < 1.29 is 23.9 Å². The van der Waals surface area contributed by atoms with Gasteiger partial charge in [-0.3, -0.25) is 14.5 Å². The SMILES string of the molecule is CCC1CC2CC(CC(=O)NCC(=O)N3CCN(Cc4ccccc4OCc4ccc(C(=O)OC)cc4)CC3)CC(C1)C2. The molecule has 1 aliphatic heterocycles. The van der Waals surface area contributed by atoms with Gasteiger partial charge in [-0.15, -0.1) is 0 Å². The molecule has 0 aromatic heterocycles. The Kier molecular flexibility index (Phi) is 10.7. The van der Waals surface area contributed by atoms with E-state index in [1.165, 1.54) is 45.6 Å². The number of fused-ring (bicyclic) bond motifs is 2. The summed E-state index contributed by atoms with van der Waals surface area (Å²) in [6, 6.07) is 15.2. The molecule has 2 bridgehead atoms. The number of ether oxygens (including phenoxy) is 2. The molecule has 0 radical (unpaired) electrons. The van der Waals surface area contributed by atoms with Crippen LogP contribution in [-0.4, -0.2) is 67.4 Å². The van der Waals surface area contributed by atoms with Crippen molar-refractivity contribution in [3.63, 3.8) is 0 Å². The lowest BCUT2D eigenvalue weighted by Crippen LogP contribution is -2.51. The van der Waals surface area contributed by atoms with Gasteiger partial charge in [0.15, 0.2) is 0 Å². The molecule has 8 heteroatoms. The van der Waals surface area contributed by atoms with Crippen molar-refractivity contribution in [2.24, 2.45) is 23.7 Å². The van der Waals surface area contributed by atoms with E-state index in [4.69, 9.17) is 9.47 Å². The lowest BCUT2D eigenvalue weighted by molar-refractivity contribution is -0.134. The average Bonchev–Trinajstić information content (AvgIpc) is 3.03. The number of para-hydroxylation sites is 1. The van der Waals surface area contributed by atoms with Gasteiger partial charge in [-0.1, -0.05) is 43.7 Å². The van der Waals surface area contributed by atoms with E-state index in [1.807, 2.05) is 35.2 Å². The van der Waals surface area contributed by atoms with Gasteiger partial charge in [0.1, 0.15) is 12.4 Å². The number of rotatable bonds is 11. The number of piperazine rings is 1. The summed E-state index contributed by atoms with van der Waals surface area (Å²) in [4.78, 5) is 41.5. The Bertz CT molecular complexity index is 1230. The summed E-state index contributed by atoms with van der Waals surface area (Å²) in [5.41, 5.74) is 2.57. The van der Waals surface area contributed by atoms with E-state index in [0.29, 0.717) is 37.6 Å². The Morgan fingerprint density at radius 1 is 0.860 bits per heavy atom. The van der Waals surface area contributed by atoms with Gasteiger partial charge >= 0.3 is 5.97 Å². The quantitative estimate of drug-likeness (QED) is 0.369. The van der Waals surface area contributed by atoms with Crippen molar-refractivity contribution in [3.8, 4) is 5.75 Å². The Balaban J connectivity index is 1.02. The van der Waals surface area contributed by atoms with Gasteiger partial charge in [-0.05, 0) is 79.5 Å². The molecule has 0 spiro atoms. The minimum Gasteiger partial charge on any atom is -0.489 e. The summed E-state index contributed by atoms with van der Waals surface area (Å²) in [6.45, 7) is 6.37. The highest BCUT2D eigenvalue weighted by Crippen LogP contribution is 2.46. The van der Waals surface area contributed by atoms with Gasteiger partial charge in [0.05, 0.1) is 19.2 Å². The van der Waals surface area contributed by atoms with Crippen LogP contribution >= 0.6 is 0 Å². The van der Waals surface area contributed by atoms with Gasteiger partial charge < -0.3 is 19.7 Å². The summed E-state index contributed by atoms with van der Waals surface area (Å²) in [5, 5.41) is 2.93. The van der Waals surface area contributed by atoms with Gasteiger partial charge in [0, 0.05) is 44.7 Å². The maximum absolute atomic E-state index is 12.9. The summed E-state index contributed by atoms with van der Waals surface area (Å²) in [5.74, 6) is 3.43. The number of benzene rings is 2. The minimum atomic E-state index is -0.356. The minimum absolute atomic E-state index is 0.00116. The standard InChI is InChI=1S/C35H47N3O5/c1-3-25-16-27-18-28(17-25)20-29(19-27)21-33(39)36-22-34(40)38-14-12-37(13-15-38)23-31-6-4-5-7-32(31)43-24-26-8-10-30(11-9-26)35(41)42-2/h4-11,25,27-29H,3,12-24H2,1-2H3,(H,36,39). The fourth-order valence-electron chi connectivity index (χ4n) is 7.43. The molecule has 8 nitrogen and oxygen atoms in total. The van der Waals surface area contributed by atoms with Crippen molar-refractivity contribution in [1.29, 1.82) is 0 Å². The molecule has 43 heavy (non-hydrogen) atoms. The molecule has 5 rings (SSSR count). The average molecular weight is 590 g/mol. The number of amides is 2. The van der Waals surface area contributed by atoms with Crippen LogP contribution in [0.4, 0.5) is 0 Å². The van der Waals surface area contributed by atoms with E-state index < -0.39 is 0 Å². The molecular formula is C35H47N3O5. The van der Waals surface area contributed by atoms with E-state index >= 15 is 0 Å². The van der Waals surface area contributed by atoms with Crippen LogP contribution in [0.1, 0.15) is 73.4 Å². The third kappa shape index (κ3) is 8.59. The lowest BCUT2D eigenvalue weighted by atomic mass is 9.63. The molecule has 2 aromatic carbocycles. The lowest BCUT2D eigenvalue weighted by Gasteiger charge is -2.42. The molecule has 2 atom stereocenters. The molecule has 2 aliphatic carbocycles. The molecule has 232 valence electrons. The number of nitrogens with zero attached hydrogens (tertiary/aromatic N) is 2. The van der Waals surface area contributed by atoms with Crippen LogP contribution in [0.15, 0.2) is 48.5 Å². The van der Waals surface area contributed by atoms with E-state index in [2.05, 4.69) is 23.2 Å². The molecular weight excluding hydrogens is 542 g/mol. The maximum atomic E-state index is 12.9. The van der Waals surface area contributed by atoms with Gasteiger partial charge in [0.25, 0.3) is 0 Å². The highest BCUT2D eigenvalue weighted by molar-refractivity contribution is 5.89. The predicted octanol–water partition coefficient (Wildman–Crippen LogP) is 5.06. The second kappa shape index (κ2) is 14.9. The second-order valence-corrected chi connectivity index (χ2v) is 12.8. The van der Waals surface area contributed by atoms with Crippen molar-refractivity contribution >= 4 is 17.8 Å². The zero-order chi connectivity index (χ0) is 30.2. The number of carbonyl (C=O) groups excluding carboxylic acids is 3. The molecule has 2 unspecified atom stereocenters. The molecule has 2 amide bonds. The zero-order valence-electron chi connectivity index (χ0n) is 25.8. The first-order chi connectivity index (χ1) is 20.9. The van der Waals surface area contributed by atoms with Gasteiger partial charge in [-0.25, -0.2) is 4.79 Å². The van der Waals surface area contributed by atoms with Crippen LogP contribution in [0.2, 0.25) is 0 Å². The Hall–Kier alpha value is -3.39. The van der Waals surface area contributed by atoms with Crippen molar-refractivity contribution in [3.05, 3.63) is 65.2 Å². The molecule has 2 aromatic rings. The highest BCUT2D eigenvalue weighted by atomic mass is 16.5. The number of carbonyl (C=O) groups is 3. The first-order valence-corrected chi connectivity index (χ1v) is 16.0. The summed E-state index contributed by atoms with van der Waals surface area (Å²) in [6.07, 6.45) is 8.22. The monoisotopic (exact) mass is 589 g/mol. The zero-order valence-corrected chi connectivity index (χ0v) is 25.8. The number of hydrogen-bond acceptors (Lipinski definition) is 6. The van der Waals surface area contributed by atoms with Crippen LogP contribution in [0, 0.1) is 23.7 Å². The first kappa shape index (κ1) is 31.0. The largest absolute Gasteiger partial charge is 0.489 e. The number of methoxy groups -OCH3 is 1. The molecule has 2 saturated carbocycles. The normalized spacial score (nSPS) is 23.8. The van der Waals surface area contributed by atoms with Crippen molar-refractivity contribution in [2.45, 2.75) is 65.0 Å². The third-order valence-corrected chi connectivity index (χ3v) is 9.68. The molecule has 3 aliphatic rings. The van der Waals surface area contributed by atoms with Crippen LogP contribution < -0.4 is 10.1 Å². The van der Waals surface area contributed by atoms with Crippen LogP contribution in [0.5, 0.6) is 5.75 Å². The molecule has 1 saturated heterocycles. The fourth-order valence-corrected chi connectivity index (χ4v) is 7.43. The highest BCUT2D eigenvalue weighted by Gasteiger charge is 2.36. The van der Waals surface area contributed by atoms with E-state index in [1.54, 1.807) is 12.1 Å². The topological polar surface area (TPSA) is 88.2 Å². The smallest absolute Gasteiger partial charge is 0.337 e. The third-order valence-electron chi connectivity index (χ3n) is 9.68. The maximum Gasteiger partial charge on any atom is 0.337 e. The second-order valence-electron chi connectivity index (χ2n) is 12.8. The molecule has 1 N–H and O–H groups in total. The van der Waals surface area contributed by atoms with Gasteiger partial charge in [-0.2, -0.15) is 0 Å². The number of esters is 1. The molecule has 3 fully saturated rings. The number of nitrogens with one attached hydrogen (secondary N) is 1. The van der Waals surface area contributed by atoms with Crippen molar-refractivity contribution in [1.82, 2.24) is 15.1 Å². The van der Waals surface area contributed by atoms with E-state index in [-0.39, 0.29) is 24.3 Å². The van der Waals surface area contributed by atoms with E-state index in [9.17, 15) is 14.4 Å². The van der Waals surface area contributed by atoms with Crippen LogP contribution in [-0.2, 0) is 27.5 Å². The molecule has 1 heterocycles. The summed E-state index contributed by atoms with van der Waals surface area (Å²) >= 11 is 0. The fraction of sp³-hybridized carbons (Fsp3) is 0.571. The van der Waals surface area contributed by atoms with Crippen molar-refractivity contribution in [2.75, 3.05) is 39.8 Å². The van der Waals surface area contributed by atoms with E-state index in [0.717, 1.165) is 54.3 Å². The number of hydrogen-bond donors (Lipinski definition) is 1. The first-order valence-electron chi connectivity index (χ1n) is 16.0. The Morgan fingerprint density at radius 2 is 1.53 bits per heavy atom. The predicted molar refractivity (Wildman–Crippen MR) is 165 cm³/mol. The summed E-state index contributed by atoms with van der Waals surface area (Å²) in [7, 11) is 1.37. The van der Waals surface area contributed by atoms with Crippen LogP contribution in [0.25, 0.3) is 0 Å².